The highest BCUT2D eigenvalue weighted by Crippen LogP contribution is 2.36. The molecule has 0 aliphatic rings. The van der Waals surface area contributed by atoms with Crippen LogP contribution in [-0.2, 0) is 0 Å². The zero-order valence-corrected chi connectivity index (χ0v) is 17.0. The highest BCUT2D eigenvalue weighted by molar-refractivity contribution is 7.19. The van der Waals surface area contributed by atoms with Crippen molar-refractivity contribution in [3.63, 3.8) is 0 Å². The second kappa shape index (κ2) is 7.29. The van der Waals surface area contributed by atoms with Gasteiger partial charge in [0.05, 0.1) is 11.1 Å². The highest BCUT2D eigenvalue weighted by Gasteiger charge is 2.18. The lowest BCUT2D eigenvalue weighted by molar-refractivity contribution is 0.102. The van der Waals surface area contributed by atoms with Crippen molar-refractivity contribution in [1.82, 2.24) is 15.2 Å². The molecule has 0 bridgehead atoms. The first-order chi connectivity index (χ1) is 15.0. The fourth-order valence-corrected chi connectivity index (χ4v) is 4.52. The van der Waals surface area contributed by atoms with Crippen molar-refractivity contribution in [3.8, 4) is 23.1 Å². The van der Waals surface area contributed by atoms with E-state index in [0.717, 1.165) is 20.3 Å². The van der Waals surface area contributed by atoms with E-state index in [1.54, 1.807) is 36.5 Å². The van der Waals surface area contributed by atoms with Gasteiger partial charge in [0.2, 0.25) is 5.88 Å². The average molecular weight is 432 g/mol. The molecule has 0 saturated carbocycles. The Bertz CT molecular complexity index is 1460. The molecular weight excluding hydrogens is 416 g/mol. The Morgan fingerprint density at radius 2 is 1.94 bits per heavy atom. The lowest BCUT2D eigenvalue weighted by atomic mass is 10.1. The van der Waals surface area contributed by atoms with Gasteiger partial charge in [-0.15, -0.1) is 11.3 Å². The molecule has 0 fully saturated rings. The van der Waals surface area contributed by atoms with Crippen molar-refractivity contribution < 1.29 is 19.7 Å². The molecule has 0 spiro atoms. The number of aromatic amines is 1. The largest absolute Gasteiger partial charge is 0.508 e. The quantitative estimate of drug-likeness (QED) is 0.319. The molecule has 0 aliphatic carbocycles. The van der Waals surface area contributed by atoms with Gasteiger partial charge in [-0.25, -0.2) is 5.10 Å². The lowest BCUT2D eigenvalue weighted by Crippen LogP contribution is -2.12. The number of carbonyl (C=O) groups is 1. The van der Waals surface area contributed by atoms with E-state index in [9.17, 15) is 15.0 Å². The molecule has 0 saturated heterocycles. The van der Waals surface area contributed by atoms with Crippen LogP contribution in [0.1, 0.15) is 15.2 Å². The number of phenolic OH excluding ortho intramolecular Hbond substituents is 1. The number of aryl methyl sites for hydroxylation is 1. The number of nitrogens with one attached hydrogen (secondary N) is 2. The molecule has 4 N–H and O–H groups in total. The summed E-state index contributed by atoms with van der Waals surface area (Å²) in [6.45, 7) is 1.88. The van der Waals surface area contributed by atoms with Crippen LogP contribution < -0.4 is 10.1 Å². The molecular formula is C22H16N4O4S. The number of anilines is 1. The fourth-order valence-electron chi connectivity index (χ4n) is 3.43. The second-order valence-corrected chi connectivity index (χ2v) is 8.15. The summed E-state index contributed by atoms with van der Waals surface area (Å²) in [5.74, 6) is 1.21. The van der Waals surface area contributed by atoms with Crippen LogP contribution in [0, 0.1) is 6.92 Å². The molecule has 5 rings (SSSR count). The SMILES string of the molecule is Cc1sc2cc(Oc3ccnc4cc(O)ccc34)ccc2c1C(=O)Nc1cc(O)[nH]n1. The number of pyridine rings is 1. The number of thiophene rings is 1. The maximum atomic E-state index is 12.8. The number of rotatable bonds is 4. The van der Waals surface area contributed by atoms with Crippen molar-refractivity contribution in [1.29, 1.82) is 0 Å². The Hall–Kier alpha value is -4.11. The third-order valence-electron chi connectivity index (χ3n) is 4.78. The Morgan fingerprint density at radius 1 is 1.10 bits per heavy atom. The molecule has 3 heterocycles. The summed E-state index contributed by atoms with van der Waals surface area (Å²) < 4.78 is 6.99. The molecule has 8 nitrogen and oxygen atoms in total. The summed E-state index contributed by atoms with van der Waals surface area (Å²) >= 11 is 1.49. The molecule has 0 atom stereocenters. The molecule has 9 heteroatoms. The number of carbonyl (C=O) groups excluding carboxylic acids is 1. The monoisotopic (exact) mass is 432 g/mol. The molecule has 5 aromatic rings. The number of hydrogen-bond acceptors (Lipinski definition) is 7. The van der Waals surface area contributed by atoms with Gasteiger partial charge in [0.25, 0.3) is 5.91 Å². The van der Waals surface area contributed by atoms with Crippen LogP contribution in [0.15, 0.2) is 54.7 Å². The smallest absolute Gasteiger partial charge is 0.258 e. The van der Waals surface area contributed by atoms with Crippen LogP contribution in [0.4, 0.5) is 5.82 Å². The van der Waals surface area contributed by atoms with E-state index in [4.69, 9.17) is 4.74 Å². The number of amides is 1. The Balaban J connectivity index is 1.47. The highest BCUT2D eigenvalue weighted by atomic mass is 32.1. The predicted molar refractivity (Wildman–Crippen MR) is 118 cm³/mol. The Labute approximate surface area is 179 Å². The number of ether oxygens (including phenoxy) is 1. The van der Waals surface area contributed by atoms with Crippen molar-refractivity contribution in [2.75, 3.05) is 5.32 Å². The van der Waals surface area contributed by atoms with Gasteiger partial charge in [-0.2, -0.15) is 5.10 Å². The number of aromatic hydroxyl groups is 2. The van der Waals surface area contributed by atoms with Gasteiger partial charge in [-0.1, -0.05) is 0 Å². The zero-order chi connectivity index (χ0) is 21.5. The van der Waals surface area contributed by atoms with E-state index >= 15 is 0 Å². The van der Waals surface area contributed by atoms with Crippen molar-refractivity contribution in [2.24, 2.45) is 0 Å². The van der Waals surface area contributed by atoms with E-state index in [-0.39, 0.29) is 23.4 Å². The predicted octanol–water partition coefficient (Wildman–Crippen LogP) is 4.94. The van der Waals surface area contributed by atoms with Gasteiger partial charge in [0, 0.05) is 38.7 Å². The van der Waals surface area contributed by atoms with Gasteiger partial charge < -0.3 is 20.3 Å². The fraction of sp³-hybridized carbons (Fsp3) is 0.0455. The number of nitrogens with zero attached hydrogens (tertiary/aromatic N) is 2. The number of aromatic nitrogens is 3. The molecule has 1 amide bonds. The summed E-state index contributed by atoms with van der Waals surface area (Å²) in [4.78, 5) is 17.9. The van der Waals surface area contributed by atoms with Crippen molar-refractivity contribution in [2.45, 2.75) is 6.92 Å². The van der Waals surface area contributed by atoms with Crippen LogP contribution in [-0.4, -0.2) is 31.3 Å². The van der Waals surface area contributed by atoms with Crippen LogP contribution in [0.5, 0.6) is 23.1 Å². The van der Waals surface area contributed by atoms with Crippen molar-refractivity contribution >= 4 is 44.1 Å². The van der Waals surface area contributed by atoms with E-state index in [1.165, 1.54) is 17.4 Å². The third-order valence-corrected chi connectivity index (χ3v) is 5.85. The van der Waals surface area contributed by atoms with Gasteiger partial charge in [-0.3, -0.25) is 9.78 Å². The van der Waals surface area contributed by atoms with Crippen LogP contribution in [0.25, 0.3) is 21.0 Å². The second-order valence-electron chi connectivity index (χ2n) is 6.90. The summed E-state index contributed by atoms with van der Waals surface area (Å²) in [5.41, 5.74) is 1.19. The van der Waals surface area contributed by atoms with Gasteiger partial charge >= 0.3 is 0 Å². The minimum Gasteiger partial charge on any atom is -0.508 e. The lowest BCUT2D eigenvalue weighted by Gasteiger charge is -2.09. The van der Waals surface area contributed by atoms with E-state index in [2.05, 4.69) is 20.5 Å². The number of benzene rings is 2. The normalized spacial score (nSPS) is 11.1. The zero-order valence-electron chi connectivity index (χ0n) is 16.2. The summed E-state index contributed by atoms with van der Waals surface area (Å²) in [6, 6.07) is 13.6. The molecule has 3 aromatic heterocycles. The molecule has 2 aromatic carbocycles. The summed E-state index contributed by atoms with van der Waals surface area (Å²) in [5, 5.41) is 29.5. The molecule has 0 radical (unpaired) electrons. The number of phenols is 1. The summed E-state index contributed by atoms with van der Waals surface area (Å²) in [6.07, 6.45) is 1.63. The van der Waals surface area contributed by atoms with Crippen LogP contribution in [0.2, 0.25) is 0 Å². The first-order valence-electron chi connectivity index (χ1n) is 9.32. The maximum Gasteiger partial charge on any atom is 0.258 e. The van der Waals surface area contributed by atoms with Gasteiger partial charge in [0.1, 0.15) is 17.2 Å². The Morgan fingerprint density at radius 3 is 2.74 bits per heavy atom. The van der Waals surface area contributed by atoms with E-state index in [1.807, 2.05) is 19.1 Å². The first kappa shape index (κ1) is 18.9. The number of fused-ring (bicyclic) bond motifs is 2. The standard InChI is InChI=1S/C22H16N4O4S/c1-11-21(22(29)24-19-10-20(28)26-25-19)15-5-3-13(9-18(15)31-11)30-17-6-7-23-16-8-12(27)2-4-14(16)17/h2-10,27H,1H3,(H3,24,25,26,28,29). The topological polar surface area (TPSA) is 120 Å². The molecule has 0 aliphatic heterocycles. The van der Waals surface area contributed by atoms with Gasteiger partial charge in [0.15, 0.2) is 5.82 Å². The average Bonchev–Trinajstić information content (AvgIpc) is 3.29. The minimum absolute atomic E-state index is 0.122. The Kier molecular flexibility index (Phi) is 4.45. The third kappa shape index (κ3) is 3.51. The number of hydrogen-bond donors (Lipinski definition) is 4. The van der Waals surface area contributed by atoms with Crippen LogP contribution >= 0.6 is 11.3 Å². The van der Waals surface area contributed by atoms with Crippen LogP contribution in [0.3, 0.4) is 0 Å². The van der Waals surface area contributed by atoms with E-state index < -0.39 is 0 Å². The molecule has 154 valence electrons. The number of H-pyrrole nitrogens is 1. The van der Waals surface area contributed by atoms with E-state index in [0.29, 0.717) is 22.6 Å². The van der Waals surface area contributed by atoms with Crippen molar-refractivity contribution in [3.05, 3.63) is 65.2 Å². The molecule has 31 heavy (non-hydrogen) atoms. The maximum absolute atomic E-state index is 12.8. The van der Waals surface area contributed by atoms with Gasteiger partial charge in [-0.05, 0) is 43.3 Å². The summed E-state index contributed by atoms with van der Waals surface area (Å²) in [7, 11) is 0. The minimum atomic E-state index is -0.302. The first-order valence-corrected chi connectivity index (χ1v) is 10.1. The molecule has 0 unspecified atom stereocenters.